The fourth-order valence-corrected chi connectivity index (χ4v) is 2.69. The molecule has 0 bridgehead atoms. The van der Waals surface area contributed by atoms with Crippen LogP contribution in [-0.2, 0) is 6.42 Å². The number of rotatable bonds is 7. The van der Waals surface area contributed by atoms with Gasteiger partial charge >= 0.3 is 0 Å². The van der Waals surface area contributed by atoms with Crippen molar-refractivity contribution in [3.63, 3.8) is 0 Å². The predicted molar refractivity (Wildman–Crippen MR) is 101 cm³/mol. The van der Waals surface area contributed by atoms with Crippen LogP contribution >= 0.6 is 11.6 Å². The predicted octanol–water partition coefficient (Wildman–Crippen LogP) is 5.42. The van der Waals surface area contributed by atoms with Crippen LogP contribution in [0.25, 0.3) is 0 Å². The molecule has 0 aliphatic heterocycles. The average Bonchev–Trinajstić information content (AvgIpc) is 2.61. The van der Waals surface area contributed by atoms with E-state index in [0.29, 0.717) is 6.61 Å². The van der Waals surface area contributed by atoms with Gasteiger partial charge < -0.3 is 10.1 Å². The number of anilines is 1. The SMILES string of the molecule is Clc1cccc(NCCOc2ccc(Cc3ccccc3)cc2)c1. The Morgan fingerprint density at radius 3 is 2.29 bits per heavy atom. The summed E-state index contributed by atoms with van der Waals surface area (Å²) < 4.78 is 5.77. The summed E-state index contributed by atoms with van der Waals surface area (Å²) in [4.78, 5) is 0. The Balaban J connectivity index is 1.44. The summed E-state index contributed by atoms with van der Waals surface area (Å²) in [5.41, 5.74) is 3.60. The molecule has 0 atom stereocenters. The van der Waals surface area contributed by atoms with Crippen molar-refractivity contribution >= 4 is 17.3 Å². The van der Waals surface area contributed by atoms with Crippen molar-refractivity contribution < 1.29 is 4.74 Å². The molecule has 3 heteroatoms. The summed E-state index contributed by atoms with van der Waals surface area (Å²) in [5, 5.41) is 4.02. The Labute approximate surface area is 148 Å². The van der Waals surface area contributed by atoms with E-state index in [4.69, 9.17) is 16.3 Å². The van der Waals surface area contributed by atoms with Gasteiger partial charge in [0, 0.05) is 17.3 Å². The molecule has 24 heavy (non-hydrogen) atoms. The first-order valence-corrected chi connectivity index (χ1v) is 8.42. The molecule has 3 aromatic carbocycles. The topological polar surface area (TPSA) is 21.3 Å². The molecule has 3 rings (SSSR count). The van der Waals surface area contributed by atoms with Gasteiger partial charge in [0.15, 0.2) is 0 Å². The monoisotopic (exact) mass is 337 g/mol. The zero-order valence-electron chi connectivity index (χ0n) is 13.4. The van der Waals surface area contributed by atoms with E-state index in [2.05, 4.69) is 41.7 Å². The lowest BCUT2D eigenvalue weighted by molar-refractivity contribution is 0.333. The van der Waals surface area contributed by atoms with E-state index in [1.54, 1.807) is 0 Å². The summed E-state index contributed by atoms with van der Waals surface area (Å²) in [5.74, 6) is 0.889. The van der Waals surface area contributed by atoms with Crippen LogP contribution < -0.4 is 10.1 Å². The minimum absolute atomic E-state index is 0.602. The molecule has 0 unspecified atom stereocenters. The average molecular weight is 338 g/mol. The first-order chi connectivity index (χ1) is 11.8. The molecule has 3 aromatic rings. The Morgan fingerprint density at radius 1 is 0.792 bits per heavy atom. The molecular weight excluding hydrogens is 318 g/mol. The van der Waals surface area contributed by atoms with Crippen molar-refractivity contribution in [2.24, 2.45) is 0 Å². The Kier molecular flexibility index (Phi) is 5.75. The normalized spacial score (nSPS) is 10.4. The molecule has 0 saturated carbocycles. The Bertz CT molecular complexity index is 756. The minimum Gasteiger partial charge on any atom is -0.492 e. The van der Waals surface area contributed by atoms with Gasteiger partial charge in [-0.2, -0.15) is 0 Å². The Morgan fingerprint density at radius 2 is 1.54 bits per heavy atom. The van der Waals surface area contributed by atoms with Crippen molar-refractivity contribution in [1.82, 2.24) is 0 Å². The van der Waals surface area contributed by atoms with Gasteiger partial charge in [-0.25, -0.2) is 0 Å². The molecule has 0 aromatic heterocycles. The van der Waals surface area contributed by atoms with Crippen molar-refractivity contribution in [2.45, 2.75) is 6.42 Å². The summed E-state index contributed by atoms with van der Waals surface area (Å²) in [6, 6.07) is 26.4. The van der Waals surface area contributed by atoms with E-state index < -0.39 is 0 Å². The first kappa shape index (κ1) is 16.4. The molecule has 0 fully saturated rings. The lowest BCUT2D eigenvalue weighted by Crippen LogP contribution is -2.11. The van der Waals surface area contributed by atoms with Gasteiger partial charge in [-0.3, -0.25) is 0 Å². The molecule has 0 saturated heterocycles. The van der Waals surface area contributed by atoms with E-state index >= 15 is 0 Å². The maximum absolute atomic E-state index is 5.96. The zero-order valence-corrected chi connectivity index (χ0v) is 14.2. The number of hydrogen-bond donors (Lipinski definition) is 1. The highest BCUT2D eigenvalue weighted by Crippen LogP contribution is 2.16. The third kappa shape index (κ3) is 5.04. The molecule has 0 aliphatic rings. The van der Waals surface area contributed by atoms with Crippen LogP contribution in [0.3, 0.4) is 0 Å². The third-order valence-electron chi connectivity index (χ3n) is 3.70. The maximum Gasteiger partial charge on any atom is 0.119 e. The van der Waals surface area contributed by atoms with E-state index in [1.807, 2.05) is 42.5 Å². The Hall–Kier alpha value is -2.45. The lowest BCUT2D eigenvalue weighted by atomic mass is 10.1. The van der Waals surface area contributed by atoms with Gasteiger partial charge in [0.1, 0.15) is 12.4 Å². The highest BCUT2D eigenvalue weighted by atomic mass is 35.5. The molecule has 0 radical (unpaired) electrons. The summed E-state index contributed by atoms with van der Waals surface area (Å²) >= 11 is 5.96. The van der Waals surface area contributed by atoms with E-state index in [1.165, 1.54) is 11.1 Å². The number of halogens is 1. The molecule has 0 amide bonds. The highest BCUT2D eigenvalue weighted by molar-refractivity contribution is 6.30. The number of benzene rings is 3. The molecule has 1 N–H and O–H groups in total. The quantitative estimate of drug-likeness (QED) is 0.581. The second-order valence-electron chi connectivity index (χ2n) is 5.59. The number of nitrogens with one attached hydrogen (secondary N) is 1. The van der Waals surface area contributed by atoms with Crippen molar-refractivity contribution in [1.29, 1.82) is 0 Å². The number of ether oxygens (including phenoxy) is 1. The second kappa shape index (κ2) is 8.42. The van der Waals surface area contributed by atoms with Gasteiger partial charge in [0.25, 0.3) is 0 Å². The van der Waals surface area contributed by atoms with E-state index in [0.717, 1.165) is 29.4 Å². The standard InChI is InChI=1S/C21H20ClNO/c22-19-7-4-8-20(16-19)23-13-14-24-21-11-9-18(10-12-21)15-17-5-2-1-3-6-17/h1-12,16,23H,13-15H2. The first-order valence-electron chi connectivity index (χ1n) is 8.05. The van der Waals surface area contributed by atoms with Crippen LogP contribution in [0, 0.1) is 0 Å². The fourth-order valence-electron chi connectivity index (χ4n) is 2.50. The molecule has 0 aliphatic carbocycles. The van der Waals surface area contributed by atoms with Crippen LogP contribution in [0.5, 0.6) is 5.75 Å². The second-order valence-corrected chi connectivity index (χ2v) is 6.03. The zero-order chi connectivity index (χ0) is 16.6. The highest BCUT2D eigenvalue weighted by Gasteiger charge is 1.98. The molecule has 0 heterocycles. The summed E-state index contributed by atoms with van der Waals surface area (Å²) in [7, 11) is 0. The van der Waals surface area contributed by atoms with Crippen molar-refractivity contribution in [3.8, 4) is 5.75 Å². The van der Waals surface area contributed by atoms with Gasteiger partial charge in [-0.05, 0) is 47.9 Å². The molecular formula is C21H20ClNO. The van der Waals surface area contributed by atoms with Crippen LogP contribution in [0.4, 0.5) is 5.69 Å². The van der Waals surface area contributed by atoms with Gasteiger partial charge in [-0.1, -0.05) is 60.1 Å². The minimum atomic E-state index is 0.602. The van der Waals surface area contributed by atoms with Crippen molar-refractivity contribution in [2.75, 3.05) is 18.5 Å². The smallest absolute Gasteiger partial charge is 0.119 e. The van der Waals surface area contributed by atoms with Crippen LogP contribution in [0.2, 0.25) is 5.02 Å². The number of hydrogen-bond acceptors (Lipinski definition) is 2. The molecule has 2 nitrogen and oxygen atoms in total. The van der Waals surface area contributed by atoms with E-state index in [-0.39, 0.29) is 0 Å². The fraction of sp³-hybridized carbons (Fsp3) is 0.143. The van der Waals surface area contributed by atoms with Crippen LogP contribution in [0.15, 0.2) is 78.9 Å². The third-order valence-corrected chi connectivity index (χ3v) is 3.93. The van der Waals surface area contributed by atoms with Crippen LogP contribution in [-0.4, -0.2) is 13.2 Å². The summed E-state index contributed by atoms with van der Waals surface area (Å²) in [6.45, 7) is 1.33. The van der Waals surface area contributed by atoms with E-state index in [9.17, 15) is 0 Å². The van der Waals surface area contributed by atoms with Gasteiger partial charge in [0.2, 0.25) is 0 Å². The van der Waals surface area contributed by atoms with Crippen molar-refractivity contribution in [3.05, 3.63) is 95.0 Å². The van der Waals surface area contributed by atoms with Gasteiger partial charge in [-0.15, -0.1) is 0 Å². The lowest BCUT2D eigenvalue weighted by Gasteiger charge is -2.09. The van der Waals surface area contributed by atoms with Gasteiger partial charge in [0.05, 0.1) is 0 Å². The maximum atomic E-state index is 5.96. The molecule has 0 spiro atoms. The van der Waals surface area contributed by atoms with Crippen LogP contribution in [0.1, 0.15) is 11.1 Å². The summed E-state index contributed by atoms with van der Waals surface area (Å²) in [6.07, 6.45) is 0.942. The molecule has 122 valence electrons. The largest absolute Gasteiger partial charge is 0.492 e.